The average Bonchev–Trinajstić information content (AvgIpc) is 3.03. The van der Waals surface area contributed by atoms with Gasteiger partial charge in [-0.15, -0.1) is 0 Å². The van der Waals surface area contributed by atoms with Gasteiger partial charge < -0.3 is 15.5 Å². The minimum atomic E-state index is -1.16. The van der Waals surface area contributed by atoms with Crippen LogP contribution in [0.2, 0.25) is 10.0 Å². The van der Waals surface area contributed by atoms with Crippen molar-refractivity contribution in [2.45, 2.75) is 12.5 Å². The third-order valence-electron chi connectivity index (χ3n) is 4.00. The highest BCUT2D eigenvalue weighted by Crippen LogP contribution is 2.29. The standard InChI is InChI=1S/C19H14Cl2FN3O4/c20-10-4-5-13(14(21)6-10)15(9-18(27)28)23-19(29)16-8-17(26)25(24-16)12-3-1-2-11(22)7-12/h1-8,15,26H,9H2,(H,23,29)(H,27,28)/t15-/m0/s1. The molecular formula is C19H14Cl2FN3O4. The lowest BCUT2D eigenvalue weighted by Gasteiger charge is -2.18. The second-order valence-corrected chi connectivity index (χ2v) is 6.91. The zero-order chi connectivity index (χ0) is 21.1. The highest BCUT2D eigenvalue weighted by atomic mass is 35.5. The van der Waals surface area contributed by atoms with Crippen LogP contribution in [-0.2, 0) is 4.79 Å². The summed E-state index contributed by atoms with van der Waals surface area (Å²) in [5.41, 5.74) is 0.386. The number of nitrogens with one attached hydrogen (secondary N) is 1. The molecule has 1 aromatic heterocycles. The molecule has 0 bridgehead atoms. The Labute approximate surface area is 174 Å². The van der Waals surface area contributed by atoms with Gasteiger partial charge in [0.2, 0.25) is 5.88 Å². The Morgan fingerprint density at radius 2 is 1.93 bits per heavy atom. The molecule has 0 aliphatic rings. The maximum atomic E-state index is 13.4. The van der Waals surface area contributed by atoms with Crippen molar-refractivity contribution in [3.63, 3.8) is 0 Å². The minimum Gasteiger partial charge on any atom is -0.493 e. The van der Waals surface area contributed by atoms with E-state index < -0.39 is 30.2 Å². The number of hydrogen-bond donors (Lipinski definition) is 3. The van der Waals surface area contributed by atoms with Crippen molar-refractivity contribution in [2.75, 3.05) is 0 Å². The van der Waals surface area contributed by atoms with Gasteiger partial charge in [-0.25, -0.2) is 9.07 Å². The predicted octanol–water partition coefficient (Wildman–Crippen LogP) is 3.97. The first-order valence-electron chi connectivity index (χ1n) is 8.27. The van der Waals surface area contributed by atoms with Crippen molar-refractivity contribution < 1.29 is 24.2 Å². The molecule has 0 unspecified atom stereocenters. The van der Waals surface area contributed by atoms with E-state index in [1.54, 1.807) is 0 Å². The van der Waals surface area contributed by atoms with Gasteiger partial charge in [-0.2, -0.15) is 5.10 Å². The largest absolute Gasteiger partial charge is 0.493 e. The Kier molecular flexibility index (Phi) is 6.05. The molecule has 0 spiro atoms. The molecule has 150 valence electrons. The molecule has 0 aliphatic carbocycles. The van der Waals surface area contributed by atoms with E-state index in [0.29, 0.717) is 10.6 Å². The number of halogens is 3. The topological polar surface area (TPSA) is 104 Å². The fourth-order valence-electron chi connectivity index (χ4n) is 2.71. The molecule has 0 saturated heterocycles. The lowest BCUT2D eigenvalue weighted by molar-refractivity contribution is -0.137. The highest BCUT2D eigenvalue weighted by molar-refractivity contribution is 6.35. The summed E-state index contributed by atoms with van der Waals surface area (Å²) in [6, 6.07) is 9.88. The van der Waals surface area contributed by atoms with E-state index in [2.05, 4.69) is 10.4 Å². The quantitative estimate of drug-likeness (QED) is 0.541. The average molecular weight is 438 g/mol. The summed E-state index contributed by atoms with van der Waals surface area (Å²) in [6.45, 7) is 0. The molecule has 0 aliphatic heterocycles. The van der Waals surface area contributed by atoms with E-state index in [0.717, 1.165) is 16.8 Å². The number of aliphatic carboxylic acids is 1. The molecule has 7 nitrogen and oxygen atoms in total. The van der Waals surface area contributed by atoms with Gasteiger partial charge >= 0.3 is 5.97 Å². The van der Waals surface area contributed by atoms with Crippen LogP contribution in [0.25, 0.3) is 5.69 Å². The number of carbonyl (C=O) groups excluding carboxylic acids is 1. The fourth-order valence-corrected chi connectivity index (χ4v) is 3.25. The number of carboxylic acids is 1. The number of benzene rings is 2. The summed E-state index contributed by atoms with van der Waals surface area (Å²) >= 11 is 12.0. The van der Waals surface area contributed by atoms with Gasteiger partial charge in [0.25, 0.3) is 5.91 Å². The van der Waals surface area contributed by atoms with Crippen LogP contribution in [0.3, 0.4) is 0 Å². The molecule has 10 heteroatoms. The summed E-state index contributed by atoms with van der Waals surface area (Å²) in [5, 5.41) is 26.3. The predicted molar refractivity (Wildman–Crippen MR) is 104 cm³/mol. The number of aromatic nitrogens is 2. The second-order valence-electron chi connectivity index (χ2n) is 6.07. The summed E-state index contributed by atoms with van der Waals surface area (Å²) in [7, 11) is 0. The Hall–Kier alpha value is -3.10. The van der Waals surface area contributed by atoms with Gasteiger partial charge in [0, 0.05) is 16.1 Å². The number of carboxylic acid groups (broad SMARTS) is 1. The zero-order valence-electron chi connectivity index (χ0n) is 14.6. The third kappa shape index (κ3) is 4.85. The summed E-state index contributed by atoms with van der Waals surface area (Å²) < 4.78 is 14.4. The summed E-state index contributed by atoms with van der Waals surface area (Å²) in [6.07, 6.45) is -0.441. The van der Waals surface area contributed by atoms with Crippen LogP contribution < -0.4 is 5.32 Å². The zero-order valence-corrected chi connectivity index (χ0v) is 16.2. The highest BCUT2D eigenvalue weighted by Gasteiger charge is 2.23. The van der Waals surface area contributed by atoms with Crippen molar-refractivity contribution in [1.29, 1.82) is 0 Å². The van der Waals surface area contributed by atoms with Gasteiger partial charge in [-0.3, -0.25) is 9.59 Å². The number of aromatic hydroxyl groups is 1. The molecular weight excluding hydrogens is 424 g/mol. The molecule has 0 saturated carbocycles. The van der Waals surface area contributed by atoms with E-state index in [-0.39, 0.29) is 22.3 Å². The lowest BCUT2D eigenvalue weighted by atomic mass is 10.0. The number of hydrogen-bond acceptors (Lipinski definition) is 4. The van der Waals surface area contributed by atoms with Crippen LogP contribution >= 0.6 is 23.2 Å². The first kappa shape index (κ1) is 20.6. The molecule has 0 radical (unpaired) electrons. The lowest BCUT2D eigenvalue weighted by Crippen LogP contribution is -2.30. The van der Waals surface area contributed by atoms with Crippen molar-refractivity contribution in [3.8, 4) is 11.6 Å². The minimum absolute atomic E-state index is 0.188. The van der Waals surface area contributed by atoms with Crippen LogP contribution in [0.5, 0.6) is 5.88 Å². The number of rotatable bonds is 6. The van der Waals surface area contributed by atoms with Crippen molar-refractivity contribution >= 4 is 35.1 Å². The Bertz CT molecular complexity index is 1090. The van der Waals surface area contributed by atoms with Gasteiger partial charge in [0.05, 0.1) is 18.2 Å². The smallest absolute Gasteiger partial charge is 0.305 e. The van der Waals surface area contributed by atoms with E-state index in [1.165, 1.54) is 36.4 Å². The molecule has 29 heavy (non-hydrogen) atoms. The number of nitrogens with zero attached hydrogens (tertiary/aromatic N) is 2. The van der Waals surface area contributed by atoms with E-state index in [9.17, 15) is 24.2 Å². The molecule has 1 atom stereocenters. The molecule has 3 aromatic rings. The number of carbonyl (C=O) groups is 2. The van der Waals surface area contributed by atoms with Crippen molar-refractivity contribution in [2.24, 2.45) is 0 Å². The Morgan fingerprint density at radius 3 is 2.59 bits per heavy atom. The normalized spacial score (nSPS) is 11.8. The Morgan fingerprint density at radius 1 is 1.17 bits per heavy atom. The monoisotopic (exact) mass is 437 g/mol. The molecule has 3 rings (SSSR count). The first-order chi connectivity index (χ1) is 13.7. The van der Waals surface area contributed by atoms with Gasteiger partial charge in [-0.05, 0) is 35.9 Å². The first-order valence-corrected chi connectivity index (χ1v) is 9.03. The summed E-state index contributed by atoms with van der Waals surface area (Å²) in [4.78, 5) is 23.9. The number of amides is 1. The van der Waals surface area contributed by atoms with Crippen LogP contribution in [0.4, 0.5) is 4.39 Å². The second kappa shape index (κ2) is 8.50. The molecule has 3 N–H and O–H groups in total. The molecule has 1 heterocycles. The van der Waals surface area contributed by atoms with E-state index in [4.69, 9.17) is 23.2 Å². The molecule has 1 amide bonds. The third-order valence-corrected chi connectivity index (χ3v) is 4.56. The Balaban J connectivity index is 1.88. The molecule has 0 fully saturated rings. The van der Waals surface area contributed by atoms with Crippen molar-refractivity contribution in [1.82, 2.24) is 15.1 Å². The van der Waals surface area contributed by atoms with Crippen LogP contribution in [-0.4, -0.2) is 31.9 Å². The van der Waals surface area contributed by atoms with Gasteiger partial charge in [0.15, 0.2) is 5.69 Å². The SMILES string of the molecule is O=C(O)C[C@H](NC(=O)c1cc(O)n(-c2cccc(F)c2)n1)c1ccc(Cl)cc1Cl. The maximum absolute atomic E-state index is 13.4. The van der Waals surface area contributed by atoms with Crippen molar-refractivity contribution in [3.05, 3.63) is 75.7 Å². The molecule has 2 aromatic carbocycles. The van der Waals surface area contributed by atoms with Crippen LogP contribution in [0.1, 0.15) is 28.5 Å². The van der Waals surface area contributed by atoms with E-state index >= 15 is 0 Å². The fraction of sp³-hybridized carbons (Fsp3) is 0.105. The van der Waals surface area contributed by atoms with Crippen LogP contribution in [0.15, 0.2) is 48.5 Å². The van der Waals surface area contributed by atoms with Crippen LogP contribution in [0, 0.1) is 5.82 Å². The van der Waals surface area contributed by atoms with Gasteiger partial charge in [-0.1, -0.05) is 35.3 Å². The maximum Gasteiger partial charge on any atom is 0.305 e. The summed E-state index contributed by atoms with van der Waals surface area (Å²) in [5.74, 6) is -2.83. The van der Waals surface area contributed by atoms with E-state index in [1.807, 2.05) is 0 Å². The van der Waals surface area contributed by atoms with Gasteiger partial charge in [0.1, 0.15) is 5.82 Å².